The van der Waals surface area contributed by atoms with Crippen LogP contribution in [-0.4, -0.2) is 44.6 Å². The molecule has 9 nitrogen and oxygen atoms in total. The van der Waals surface area contributed by atoms with Crippen LogP contribution in [0.2, 0.25) is 0 Å². The zero-order valence-corrected chi connectivity index (χ0v) is 11.2. The van der Waals surface area contributed by atoms with Gasteiger partial charge in [0.2, 0.25) is 0 Å². The van der Waals surface area contributed by atoms with Crippen molar-refractivity contribution in [3.63, 3.8) is 0 Å². The molecule has 3 rings (SSSR count). The topological polar surface area (TPSA) is 126 Å². The smallest absolute Gasteiger partial charge is 0.358 e. The first kappa shape index (κ1) is 13.7. The van der Waals surface area contributed by atoms with Crippen LogP contribution >= 0.6 is 0 Å². The number of hydrogen-bond acceptors (Lipinski definition) is 6. The van der Waals surface area contributed by atoms with E-state index in [0.29, 0.717) is 11.0 Å². The maximum Gasteiger partial charge on any atom is 0.358 e. The number of fused-ring (bicyclic) bond motifs is 1. The monoisotopic (exact) mass is 304 g/mol. The minimum Gasteiger partial charge on any atom is -0.464 e. The third-order valence-corrected chi connectivity index (χ3v) is 2.93. The van der Waals surface area contributed by atoms with Gasteiger partial charge in [0.05, 0.1) is 24.6 Å². The van der Waals surface area contributed by atoms with E-state index < -0.39 is 17.7 Å². The number of carbonyl (C=O) groups excluding carboxylic acids is 2. The number of benzene rings is 1. The van der Waals surface area contributed by atoms with Gasteiger partial charge in [0.1, 0.15) is 16.9 Å². The SMILES string of the molecule is COC(=O)c1[nH]ncc1NC(=O)c1cc2n[nH]nc2cc1F. The van der Waals surface area contributed by atoms with Crippen LogP contribution in [0.4, 0.5) is 10.1 Å². The molecule has 2 heterocycles. The number of methoxy groups -OCH3 is 1. The van der Waals surface area contributed by atoms with Gasteiger partial charge in [-0.25, -0.2) is 9.18 Å². The number of aromatic nitrogens is 5. The van der Waals surface area contributed by atoms with Crippen molar-refractivity contribution in [2.45, 2.75) is 0 Å². The summed E-state index contributed by atoms with van der Waals surface area (Å²) in [4.78, 5) is 23.6. The zero-order valence-electron chi connectivity index (χ0n) is 11.2. The molecule has 0 aliphatic heterocycles. The summed E-state index contributed by atoms with van der Waals surface area (Å²) in [6.07, 6.45) is 1.22. The first-order chi connectivity index (χ1) is 10.6. The highest BCUT2D eigenvalue weighted by atomic mass is 19.1. The van der Waals surface area contributed by atoms with E-state index in [1.807, 2.05) is 0 Å². The second-order valence-corrected chi connectivity index (χ2v) is 4.25. The van der Waals surface area contributed by atoms with Crippen molar-refractivity contribution in [1.29, 1.82) is 0 Å². The summed E-state index contributed by atoms with van der Waals surface area (Å²) in [5.74, 6) is -2.23. The summed E-state index contributed by atoms with van der Waals surface area (Å²) in [7, 11) is 1.19. The highest BCUT2D eigenvalue weighted by Crippen LogP contribution is 2.18. The Balaban J connectivity index is 1.92. The van der Waals surface area contributed by atoms with Crippen molar-refractivity contribution in [2.75, 3.05) is 12.4 Å². The molecule has 10 heteroatoms. The number of nitrogens with zero attached hydrogens (tertiary/aromatic N) is 3. The van der Waals surface area contributed by atoms with E-state index in [9.17, 15) is 14.0 Å². The van der Waals surface area contributed by atoms with Crippen LogP contribution < -0.4 is 5.32 Å². The van der Waals surface area contributed by atoms with Gasteiger partial charge < -0.3 is 10.1 Å². The molecule has 3 aromatic rings. The number of H-pyrrole nitrogens is 2. The number of esters is 1. The Bertz CT molecular complexity index is 871. The van der Waals surface area contributed by atoms with Crippen LogP contribution in [-0.2, 0) is 4.74 Å². The molecule has 0 unspecified atom stereocenters. The van der Waals surface area contributed by atoms with Crippen LogP contribution in [0.5, 0.6) is 0 Å². The predicted molar refractivity (Wildman–Crippen MR) is 71.7 cm³/mol. The Kier molecular flexibility index (Phi) is 3.26. The molecule has 1 amide bonds. The molecule has 22 heavy (non-hydrogen) atoms. The highest BCUT2D eigenvalue weighted by Gasteiger charge is 2.19. The fourth-order valence-electron chi connectivity index (χ4n) is 1.87. The van der Waals surface area contributed by atoms with Crippen molar-refractivity contribution in [3.05, 3.63) is 35.4 Å². The maximum absolute atomic E-state index is 13.9. The minimum absolute atomic E-state index is 0.0428. The molecule has 0 atom stereocenters. The van der Waals surface area contributed by atoms with Gasteiger partial charge in [0.25, 0.3) is 5.91 Å². The van der Waals surface area contributed by atoms with E-state index in [1.165, 1.54) is 19.4 Å². The standard InChI is InChI=1S/C12H9FN6O3/c1-22-12(21)10-9(4-14-18-10)15-11(20)5-2-7-8(3-6(5)13)17-19-16-7/h2-4H,1H3,(H,14,18)(H,15,20)(H,16,17,19). The third kappa shape index (κ3) is 2.26. The van der Waals surface area contributed by atoms with Crippen molar-refractivity contribution in [2.24, 2.45) is 0 Å². The van der Waals surface area contributed by atoms with Gasteiger partial charge >= 0.3 is 5.97 Å². The Morgan fingerprint density at radius 2 is 2.00 bits per heavy atom. The van der Waals surface area contributed by atoms with Crippen molar-refractivity contribution < 1.29 is 18.7 Å². The molecule has 0 saturated heterocycles. The van der Waals surface area contributed by atoms with Crippen molar-refractivity contribution in [3.8, 4) is 0 Å². The summed E-state index contributed by atoms with van der Waals surface area (Å²) in [5, 5.41) is 18.3. The van der Waals surface area contributed by atoms with E-state index in [-0.39, 0.29) is 16.9 Å². The normalized spacial score (nSPS) is 10.6. The van der Waals surface area contributed by atoms with Gasteiger partial charge in [-0.1, -0.05) is 0 Å². The lowest BCUT2D eigenvalue weighted by molar-refractivity contribution is 0.0595. The number of nitrogens with one attached hydrogen (secondary N) is 3. The Morgan fingerprint density at radius 3 is 2.73 bits per heavy atom. The largest absolute Gasteiger partial charge is 0.464 e. The first-order valence-corrected chi connectivity index (χ1v) is 6.03. The highest BCUT2D eigenvalue weighted by molar-refractivity contribution is 6.08. The van der Waals surface area contributed by atoms with Crippen molar-refractivity contribution >= 4 is 28.6 Å². The quantitative estimate of drug-likeness (QED) is 0.616. The molecule has 112 valence electrons. The summed E-state index contributed by atoms with van der Waals surface area (Å²) < 4.78 is 18.5. The average Bonchev–Trinajstić information content (AvgIpc) is 3.13. The lowest BCUT2D eigenvalue weighted by Gasteiger charge is -2.05. The summed E-state index contributed by atoms with van der Waals surface area (Å²) in [6.45, 7) is 0. The van der Waals surface area contributed by atoms with Gasteiger partial charge in [-0.05, 0) is 6.07 Å². The Morgan fingerprint density at radius 1 is 1.27 bits per heavy atom. The Hall–Kier alpha value is -3.30. The minimum atomic E-state index is -0.762. The molecule has 1 aromatic carbocycles. The number of aromatic amines is 2. The maximum atomic E-state index is 13.9. The van der Waals surface area contributed by atoms with E-state index in [0.717, 1.165) is 6.07 Å². The number of anilines is 1. The molecule has 3 N–H and O–H groups in total. The molecule has 0 bridgehead atoms. The van der Waals surface area contributed by atoms with Gasteiger partial charge in [-0.2, -0.15) is 20.5 Å². The molecule has 0 fully saturated rings. The summed E-state index contributed by atoms with van der Waals surface area (Å²) in [6, 6.07) is 2.34. The second kappa shape index (κ2) is 5.24. The van der Waals surface area contributed by atoms with Gasteiger partial charge in [0, 0.05) is 6.07 Å². The van der Waals surface area contributed by atoms with Gasteiger partial charge in [-0.15, -0.1) is 0 Å². The third-order valence-electron chi connectivity index (χ3n) is 2.93. The summed E-state index contributed by atoms with van der Waals surface area (Å²) >= 11 is 0. The fraction of sp³-hybridized carbons (Fsp3) is 0.0833. The lowest BCUT2D eigenvalue weighted by atomic mass is 10.1. The van der Waals surface area contributed by atoms with Crippen LogP contribution in [0.3, 0.4) is 0 Å². The first-order valence-electron chi connectivity index (χ1n) is 6.03. The molecule has 2 aromatic heterocycles. The van der Waals surface area contributed by atoms with Crippen LogP contribution in [0.25, 0.3) is 11.0 Å². The molecular weight excluding hydrogens is 295 g/mol. The van der Waals surface area contributed by atoms with Crippen LogP contribution in [0.15, 0.2) is 18.3 Å². The van der Waals surface area contributed by atoms with Gasteiger partial charge in [-0.3, -0.25) is 9.89 Å². The second-order valence-electron chi connectivity index (χ2n) is 4.25. The zero-order chi connectivity index (χ0) is 15.7. The average molecular weight is 304 g/mol. The van der Waals surface area contributed by atoms with Crippen molar-refractivity contribution in [1.82, 2.24) is 25.6 Å². The lowest BCUT2D eigenvalue weighted by Crippen LogP contribution is -2.16. The van der Waals surface area contributed by atoms with E-state index in [4.69, 9.17) is 0 Å². The molecule has 0 saturated carbocycles. The molecule has 0 aliphatic carbocycles. The van der Waals surface area contributed by atoms with E-state index in [2.05, 4.69) is 35.7 Å². The van der Waals surface area contributed by atoms with Crippen LogP contribution in [0, 0.1) is 5.82 Å². The number of ether oxygens (including phenoxy) is 1. The molecule has 0 aliphatic rings. The van der Waals surface area contributed by atoms with E-state index >= 15 is 0 Å². The summed E-state index contributed by atoms with van der Waals surface area (Å²) in [5.41, 5.74) is 0.438. The van der Waals surface area contributed by atoms with Gasteiger partial charge in [0.15, 0.2) is 5.69 Å². The number of amides is 1. The molecule has 0 radical (unpaired) electrons. The predicted octanol–water partition coefficient (Wildman–Crippen LogP) is 0.859. The molecular formula is C12H9FN6O3. The number of halogens is 1. The Labute approximate surface area is 121 Å². The number of carbonyl (C=O) groups is 2. The number of rotatable bonds is 3. The van der Waals surface area contributed by atoms with Crippen LogP contribution in [0.1, 0.15) is 20.8 Å². The fourth-order valence-corrected chi connectivity index (χ4v) is 1.87. The van der Waals surface area contributed by atoms with E-state index in [1.54, 1.807) is 0 Å². The number of hydrogen-bond donors (Lipinski definition) is 3. The molecule has 0 spiro atoms.